The summed E-state index contributed by atoms with van der Waals surface area (Å²) in [5.74, 6) is -0.141. The van der Waals surface area contributed by atoms with E-state index in [1.807, 2.05) is 6.92 Å². The molecule has 0 aromatic heterocycles. The van der Waals surface area contributed by atoms with Crippen LogP contribution in [0.3, 0.4) is 0 Å². The van der Waals surface area contributed by atoms with Crippen LogP contribution in [0, 0.1) is 5.92 Å². The van der Waals surface area contributed by atoms with E-state index in [2.05, 4.69) is 10.9 Å². The third kappa shape index (κ3) is 22.5. The minimum Gasteiger partial charge on any atom is -0.294 e. The molecule has 0 aromatic rings. The summed E-state index contributed by atoms with van der Waals surface area (Å²) in [7, 11) is -3.72. The lowest BCUT2D eigenvalue weighted by atomic mass is 10.3. The van der Waals surface area contributed by atoms with Crippen LogP contribution in [0.15, 0.2) is 0 Å². The van der Waals surface area contributed by atoms with Gasteiger partial charge in [-0.1, -0.05) is 20.8 Å². The molecule has 0 saturated heterocycles. The highest BCUT2D eigenvalue weighted by Gasteiger charge is 2.05. The fourth-order valence-electron chi connectivity index (χ4n) is 0.565. The molecule has 6 nitrogen and oxygen atoms in total. The number of hydrogen-bond donors (Lipinski definition) is 3. The maximum Gasteiger partial charge on any atom is 0.265 e. The molecule has 0 spiro atoms. The van der Waals surface area contributed by atoms with Crippen molar-refractivity contribution in [2.45, 2.75) is 20.8 Å². The molecule has 0 aliphatic rings. The average Bonchev–Trinajstić information content (AvgIpc) is 1.97. The molecule has 0 heterocycles. The van der Waals surface area contributed by atoms with Gasteiger partial charge in [-0.15, -0.1) is 0 Å². The molecule has 86 valence electrons. The third-order valence-corrected chi connectivity index (χ3v) is 1.97. The maximum absolute atomic E-state index is 10.00. The largest absolute Gasteiger partial charge is 0.294 e. The van der Waals surface area contributed by atoms with Gasteiger partial charge in [0.25, 0.3) is 10.1 Å². The second-order valence-electron chi connectivity index (χ2n) is 2.93. The van der Waals surface area contributed by atoms with Crippen LogP contribution in [0.5, 0.6) is 0 Å². The van der Waals surface area contributed by atoms with E-state index in [0.717, 1.165) is 6.54 Å². The van der Waals surface area contributed by atoms with Crippen molar-refractivity contribution >= 4 is 16.5 Å². The zero-order valence-corrected chi connectivity index (χ0v) is 9.47. The molecule has 14 heavy (non-hydrogen) atoms. The van der Waals surface area contributed by atoms with Gasteiger partial charge in [0, 0.05) is 6.54 Å². The lowest BCUT2D eigenvalue weighted by molar-refractivity contribution is -0.110. The van der Waals surface area contributed by atoms with Crippen molar-refractivity contribution in [1.82, 2.24) is 10.9 Å². The number of hydrazine groups is 1. The molecule has 0 aliphatic carbocycles. The molecule has 1 amide bonds. The quantitative estimate of drug-likeness (QED) is 0.261. The molecule has 0 radical (unpaired) electrons. The molecule has 0 atom stereocenters. The minimum absolute atomic E-state index is 0.00463. The Balaban J connectivity index is 0. The number of amides is 1. The maximum atomic E-state index is 10.00. The van der Waals surface area contributed by atoms with Gasteiger partial charge in [-0.25, -0.2) is 5.43 Å². The van der Waals surface area contributed by atoms with E-state index >= 15 is 0 Å². The lowest BCUT2D eigenvalue weighted by Crippen LogP contribution is -2.29. The smallest absolute Gasteiger partial charge is 0.265 e. The summed E-state index contributed by atoms with van der Waals surface area (Å²) in [6.45, 7) is 6.12. The number of nitrogens with one attached hydrogen (secondary N) is 2. The summed E-state index contributed by atoms with van der Waals surface area (Å²) in [5, 5.41) is 0. The van der Waals surface area contributed by atoms with Crippen molar-refractivity contribution in [3.05, 3.63) is 0 Å². The number of rotatable bonds is 5. The van der Waals surface area contributed by atoms with Crippen molar-refractivity contribution in [2.24, 2.45) is 5.92 Å². The molecule has 0 bridgehead atoms. The topological polar surface area (TPSA) is 95.5 Å². The van der Waals surface area contributed by atoms with Crippen LogP contribution in [0.4, 0.5) is 0 Å². The van der Waals surface area contributed by atoms with Gasteiger partial charge in [0.05, 0.1) is 5.75 Å². The standard InChI is InChI=1S/C4H10O3S.C3H8N2O/c1-4(2)3-8(5,6)7;1-2-4-5-3-6/h4H,3H2,1-2H3,(H,5,6,7);3-4H,2H2,1H3,(H,5,6). The van der Waals surface area contributed by atoms with Gasteiger partial charge >= 0.3 is 0 Å². The fraction of sp³-hybridized carbons (Fsp3) is 0.857. The second kappa shape index (κ2) is 8.92. The Hall–Kier alpha value is -0.660. The molecule has 7 heteroatoms. The van der Waals surface area contributed by atoms with Gasteiger partial charge in [-0.2, -0.15) is 8.42 Å². The van der Waals surface area contributed by atoms with Crippen molar-refractivity contribution in [1.29, 1.82) is 0 Å². The van der Waals surface area contributed by atoms with Crippen LogP contribution in [-0.4, -0.2) is 31.7 Å². The van der Waals surface area contributed by atoms with Crippen LogP contribution in [0.2, 0.25) is 0 Å². The zero-order valence-electron chi connectivity index (χ0n) is 8.65. The van der Waals surface area contributed by atoms with E-state index < -0.39 is 10.1 Å². The SMILES string of the molecule is CC(C)CS(=O)(=O)O.CCNNC=O. The van der Waals surface area contributed by atoms with Crippen LogP contribution < -0.4 is 10.9 Å². The minimum atomic E-state index is -3.72. The highest BCUT2D eigenvalue weighted by Crippen LogP contribution is 1.95. The first kappa shape index (κ1) is 15.8. The fourth-order valence-corrected chi connectivity index (χ4v) is 1.41. The first-order valence-electron chi connectivity index (χ1n) is 4.20. The summed E-state index contributed by atoms with van der Waals surface area (Å²) >= 11 is 0. The molecule has 0 unspecified atom stereocenters. The molecule has 3 N–H and O–H groups in total. The molecule has 0 saturated carbocycles. The Morgan fingerprint density at radius 2 is 1.93 bits per heavy atom. The lowest BCUT2D eigenvalue weighted by Gasteiger charge is -1.97. The van der Waals surface area contributed by atoms with E-state index in [0.29, 0.717) is 6.41 Å². The van der Waals surface area contributed by atoms with Gasteiger partial charge in [0.15, 0.2) is 0 Å². The van der Waals surface area contributed by atoms with Crippen LogP contribution in [-0.2, 0) is 14.9 Å². The predicted molar refractivity (Wildman–Crippen MR) is 54.1 cm³/mol. The van der Waals surface area contributed by atoms with E-state index in [9.17, 15) is 13.2 Å². The van der Waals surface area contributed by atoms with Crippen molar-refractivity contribution in [3.8, 4) is 0 Å². The van der Waals surface area contributed by atoms with E-state index in [-0.39, 0.29) is 11.7 Å². The molecular formula is C7H18N2O4S. The van der Waals surface area contributed by atoms with Crippen molar-refractivity contribution < 1.29 is 17.8 Å². The van der Waals surface area contributed by atoms with E-state index in [1.165, 1.54) is 0 Å². The predicted octanol–water partition coefficient (Wildman–Crippen LogP) is -0.213. The molecule has 0 fully saturated rings. The number of hydrogen-bond acceptors (Lipinski definition) is 4. The monoisotopic (exact) mass is 226 g/mol. The number of carbonyl (C=O) groups is 1. The van der Waals surface area contributed by atoms with Gasteiger partial charge in [0.2, 0.25) is 6.41 Å². The van der Waals surface area contributed by atoms with Gasteiger partial charge in [0.1, 0.15) is 0 Å². The van der Waals surface area contributed by atoms with Gasteiger partial charge in [-0.05, 0) is 5.92 Å². The summed E-state index contributed by atoms with van der Waals surface area (Å²) in [5.41, 5.74) is 4.85. The van der Waals surface area contributed by atoms with Crippen LogP contribution in [0.1, 0.15) is 20.8 Å². The van der Waals surface area contributed by atoms with E-state index in [4.69, 9.17) is 4.55 Å². The Morgan fingerprint density at radius 1 is 1.43 bits per heavy atom. The summed E-state index contributed by atoms with van der Waals surface area (Å²) < 4.78 is 28.2. The Kier molecular flexibility index (Phi) is 10.1. The third-order valence-electron chi connectivity index (χ3n) is 0.882. The highest BCUT2D eigenvalue weighted by molar-refractivity contribution is 7.85. The van der Waals surface area contributed by atoms with E-state index in [1.54, 1.807) is 13.8 Å². The first-order valence-corrected chi connectivity index (χ1v) is 5.81. The van der Waals surface area contributed by atoms with Crippen molar-refractivity contribution in [3.63, 3.8) is 0 Å². The summed E-state index contributed by atoms with van der Waals surface area (Å²) in [4.78, 5) is 9.39. The van der Waals surface area contributed by atoms with Crippen molar-refractivity contribution in [2.75, 3.05) is 12.3 Å². The Morgan fingerprint density at radius 3 is 2.00 bits per heavy atom. The molecule has 0 aliphatic heterocycles. The Bertz CT molecular complexity index is 226. The zero-order chi connectivity index (χ0) is 11.6. The second-order valence-corrected chi connectivity index (χ2v) is 4.43. The molecular weight excluding hydrogens is 208 g/mol. The van der Waals surface area contributed by atoms with Crippen LogP contribution >= 0.6 is 0 Å². The van der Waals surface area contributed by atoms with Gasteiger partial charge < -0.3 is 0 Å². The molecule has 0 aromatic carbocycles. The summed E-state index contributed by atoms with van der Waals surface area (Å²) in [6.07, 6.45) is 0.601. The van der Waals surface area contributed by atoms with Crippen LogP contribution in [0.25, 0.3) is 0 Å². The average molecular weight is 226 g/mol. The summed E-state index contributed by atoms with van der Waals surface area (Å²) in [6, 6.07) is 0. The Labute approximate surface area is 84.8 Å². The number of carbonyl (C=O) groups excluding carboxylic acids is 1. The van der Waals surface area contributed by atoms with Gasteiger partial charge in [-0.3, -0.25) is 14.8 Å². The first-order chi connectivity index (χ1) is 6.33. The highest BCUT2D eigenvalue weighted by atomic mass is 32.2. The normalized spacial score (nSPS) is 10.4. The molecule has 0 rings (SSSR count).